The minimum Gasteiger partial charge on any atom is -0.423 e. The highest BCUT2D eigenvalue weighted by molar-refractivity contribution is 8.27. The van der Waals surface area contributed by atoms with Crippen LogP contribution in [0.2, 0.25) is 5.02 Å². The maximum atomic E-state index is 12.9. The van der Waals surface area contributed by atoms with Crippen molar-refractivity contribution in [3.63, 3.8) is 0 Å². The maximum absolute atomic E-state index is 12.9. The third kappa shape index (κ3) is 4.56. The van der Waals surface area contributed by atoms with Crippen molar-refractivity contribution in [3.05, 3.63) is 99.4 Å². The van der Waals surface area contributed by atoms with E-state index in [9.17, 15) is 9.59 Å². The number of benzene rings is 3. The number of anilines is 1. The first-order chi connectivity index (χ1) is 14.9. The fourth-order valence-electron chi connectivity index (χ4n) is 3.06. The lowest BCUT2D eigenvalue weighted by Gasteiger charge is -2.16. The van der Waals surface area contributed by atoms with Crippen LogP contribution in [0.1, 0.15) is 21.5 Å². The number of para-hydroxylation sites is 1. The summed E-state index contributed by atoms with van der Waals surface area (Å²) in [7, 11) is 0. The Kier molecular flexibility index (Phi) is 6.23. The largest absolute Gasteiger partial charge is 0.423 e. The van der Waals surface area contributed by atoms with Gasteiger partial charge in [0, 0.05) is 0 Å². The van der Waals surface area contributed by atoms with E-state index >= 15 is 0 Å². The van der Waals surface area contributed by atoms with Crippen LogP contribution in [0, 0.1) is 6.92 Å². The topological polar surface area (TPSA) is 46.6 Å². The molecule has 0 atom stereocenters. The Morgan fingerprint density at radius 1 is 1.03 bits per heavy atom. The summed E-state index contributed by atoms with van der Waals surface area (Å²) in [4.78, 5) is 27.3. The number of hydrogen-bond donors (Lipinski definition) is 0. The van der Waals surface area contributed by atoms with Crippen molar-refractivity contribution in [1.29, 1.82) is 0 Å². The molecule has 7 heteroatoms. The Hall–Kier alpha value is -2.93. The molecule has 4 nitrogen and oxygen atoms in total. The van der Waals surface area contributed by atoms with Gasteiger partial charge in [0.05, 0.1) is 21.2 Å². The van der Waals surface area contributed by atoms with Crippen LogP contribution in [0.25, 0.3) is 6.08 Å². The fourth-order valence-corrected chi connectivity index (χ4v) is 4.56. The first-order valence-electron chi connectivity index (χ1n) is 9.34. The van der Waals surface area contributed by atoms with Crippen LogP contribution in [0.15, 0.2) is 77.7 Å². The third-order valence-electron chi connectivity index (χ3n) is 4.63. The minimum absolute atomic E-state index is 0.154. The van der Waals surface area contributed by atoms with E-state index in [1.807, 2.05) is 31.2 Å². The molecule has 0 saturated carbocycles. The molecular weight excluding hydrogens is 450 g/mol. The van der Waals surface area contributed by atoms with Crippen LogP contribution in [-0.2, 0) is 4.79 Å². The van der Waals surface area contributed by atoms with Crippen LogP contribution in [-0.4, -0.2) is 16.2 Å². The molecule has 1 amide bonds. The Labute approximate surface area is 194 Å². The van der Waals surface area contributed by atoms with Gasteiger partial charge >= 0.3 is 5.97 Å². The highest BCUT2D eigenvalue weighted by Crippen LogP contribution is 2.37. The Bertz CT molecular complexity index is 1220. The first kappa shape index (κ1) is 21.3. The van der Waals surface area contributed by atoms with E-state index in [1.165, 1.54) is 11.8 Å². The molecule has 31 heavy (non-hydrogen) atoms. The number of halogens is 1. The normalized spacial score (nSPS) is 14.9. The number of aryl methyl sites for hydroxylation is 1. The van der Waals surface area contributed by atoms with E-state index in [-0.39, 0.29) is 5.91 Å². The Morgan fingerprint density at radius 2 is 1.71 bits per heavy atom. The summed E-state index contributed by atoms with van der Waals surface area (Å²) in [6, 6.07) is 21.2. The number of rotatable bonds is 4. The van der Waals surface area contributed by atoms with Gasteiger partial charge in [-0.3, -0.25) is 9.69 Å². The lowest BCUT2D eigenvalue weighted by Crippen LogP contribution is -2.28. The molecule has 3 aromatic carbocycles. The predicted octanol–water partition coefficient (Wildman–Crippen LogP) is 6.27. The number of carbonyl (C=O) groups excluding carboxylic acids is 2. The number of esters is 1. The standard InChI is InChI=1S/C24H16ClNO3S2/c1-15-6-2-5-9-20(15)26-22(27)21(31-24(26)30)14-16-10-12-17(13-11-16)29-23(28)18-7-3-4-8-19(18)25/h2-14H,1H3/b21-14-. The molecule has 0 unspecified atom stereocenters. The number of thiocarbonyl (C=S) groups is 1. The molecule has 0 bridgehead atoms. The lowest BCUT2D eigenvalue weighted by molar-refractivity contribution is -0.113. The second-order valence-electron chi connectivity index (χ2n) is 6.74. The molecule has 1 aliphatic rings. The summed E-state index contributed by atoms with van der Waals surface area (Å²) in [5.74, 6) is -0.300. The number of nitrogens with zero attached hydrogens (tertiary/aromatic N) is 1. The monoisotopic (exact) mass is 465 g/mol. The number of hydrogen-bond acceptors (Lipinski definition) is 5. The van der Waals surface area contributed by atoms with Gasteiger partial charge in [0.15, 0.2) is 4.32 Å². The van der Waals surface area contributed by atoms with Crippen molar-refractivity contribution < 1.29 is 14.3 Å². The molecule has 4 rings (SSSR count). The average Bonchev–Trinajstić information content (AvgIpc) is 3.03. The zero-order chi connectivity index (χ0) is 22.0. The van der Waals surface area contributed by atoms with Crippen LogP contribution in [0.3, 0.4) is 0 Å². The van der Waals surface area contributed by atoms with E-state index in [1.54, 1.807) is 59.5 Å². The van der Waals surface area contributed by atoms with Crippen LogP contribution < -0.4 is 9.64 Å². The number of carbonyl (C=O) groups is 2. The van der Waals surface area contributed by atoms with Gasteiger partial charge < -0.3 is 4.74 Å². The second kappa shape index (κ2) is 9.06. The predicted molar refractivity (Wildman–Crippen MR) is 130 cm³/mol. The fraction of sp³-hybridized carbons (Fsp3) is 0.0417. The van der Waals surface area contributed by atoms with Crippen LogP contribution in [0.4, 0.5) is 5.69 Å². The molecule has 0 N–H and O–H groups in total. The van der Waals surface area contributed by atoms with Crippen LogP contribution in [0.5, 0.6) is 5.75 Å². The highest BCUT2D eigenvalue weighted by atomic mass is 35.5. The van der Waals surface area contributed by atoms with Crippen LogP contribution >= 0.6 is 35.6 Å². The summed E-state index contributed by atoms with van der Waals surface area (Å²) in [6.07, 6.45) is 1.78. The maximum Gasteiger partial charge on any atom is 0.345 e. The average molecular weight is 466 g/mol. The molecule has 1 heterocycles. The molecule has 1 fully saturated rings. The van der Waals surface area contributed by atoms with Gasteiger partial charge in [0.2, 0.25) is 0 Å². The molecule has 0 radical (unpaired) electrons. The van der Waals surface area contributed by atoms with Crippen molar-refractivity contribution in [2.24, 2.45) is 0 Å². The Morgan fingerprint density at radius 3 is 2.42 bits per heavy atom. The number of thioether (sulfide) groups is 1. The molecule has 0 spiro atoms. The van der Waals surface area contributed by atoms with Crippen molar-refractivity contribution in [1.82, 2.24) is 0 Å². The van der Waals surface area contributed by atoms with Gasteiger partial charge in [0.25, 0.3) is 5.91 Å². The molecule has 0 aromatic heterocycles. The van der Waals surface area contributed by atoms with Gasteiger partial charge in [-0.1, -0.05) is 78.0 Å². The summed E-state index contributed by atoms with van der Waals surface area (Å²) >= 11 is 12.7. The van der Waals surface area contributed by atoms with Gasteiger partial charge in [-0.15, -0.1) is 0 Å². The van der Waals surface area contributed by atoms with E-state index in [0.29, 0.717) is 25.6 Å². The zero-order valence-corrected chi connectivity index (χ0v) is 18.8. The summed E-state index contributed by atoms with van der Waals surface area (Å²) < 4.78 is 5.88. The molecule has 154 valence electrons. The summed E-state index contributed by atoms with van der Waals surface area (Å²) in [5, 5.41) is 0.333. The van der Waals surface area contributed by atoms with Crippen molar-refractivity contribution >= 4 is 63.5 Å². The lowest BCUT2D eigenvalue weighted by atomic mass is 10.1. The second-order valence-corrected chi connectivity index (χ2v) is 8.82. The zero-order valence-electron chi connectivity index (χ0n) is 16.4. The van der Waals surface area contributed by atoms with E-state index < -0.39 is 5.97 Å². The summed E-state index contributed by atoms with van der Waals surface area (Å²) in [5.41, 5.74) is 2.86. The number of amides is 1. The third-order valence-corrected chi connectivity index (χ3v) is 6.26. The highest BCUT2D eigenvalue weighted by Gasteiger charge is 2.33. The smallest absolute Gasteiger partial charge is 0.345 e. The van der Waals surface area contributed by atoms with E-state index in [0.717, 1.165) is 16.8 Å². The van der Waals surface area contributed by atoms with Gasteiger partial charge in [-0.25, -0.2) is 4.79 Å². The van der Waals surface area contributed by atoms with E-state index in [4.69, 9.17) is 28.6 Å². The minimum atomic E-state index is -0.530. The number of ether oxygens (including phenoxy) is 1. The van der Waals surface area contributed by atoms with Crippen molar-refractivity contribution in [2.75, 3.05) is 4.90 Å². The summed E-state index contributed by atoms with van der Waals surface area (Å²) in [6.45, 7) is 1.94. The first-order valence-corrected chi connectivity index (χ1v) is 10.9. The van der Waals surface area contributed by atoms with Gasteiger partial charge in [-0.2, -0.15) is 0 Å². The van der Waals surface area contributed by atoms with Gasteiger partial charge in [-0.05, 0) is 54.5 Å². The molecule has 1 aliphatic heterocycles. The van der Waals surface area contributed by atoms with Crippen molar-refractivity contribution in [3.8, 4) is 5.75 Å². The van der Waals surface area contributed by atoms with Crippen molar-refractivity contribution in [2.45, 2.75) is 6.92 Å². The SMILES string of the molecule is Cc1ccccc1N1C(=O)/C(=C/c2ccc(OC(=O)c3ccccc3Cl)cc2)SC1=S. The van der Waals surface area contributed by atoms with Gasteiger partial charge in [0.1, 0.15) is 5.75 Å². The van der Waals surface area contributed by atoms with E-state index in [2.05, 4.69) is 0 Å². The molecule has 0 aliphatic carbocycles. The Balaban J connectivity index is 1.50. The molecular formula is C24H16ClNO3S2. The molecule has 1 saturated heterocycles. The quantitative estimate of drug-likeness (QED) is 0.196. The molecule has 3 aromatic rings.